The second kappa shape index (κ2) is 6.16. The molecule has 0 aliphatic heterocycles. The first-order chi connectivity index (χ1) is 11.4. The van der Waals surface area contributed by atoms with Crippen molar-refractivity contribution in [1.29, 1.82) is 0 Å². The monoisotopic (exact) mass is 347 g/mol. The van der Waals surface area contributed by atoms with Gasteiger partial charge in [0.2, 0.25) is 5.82 Å². The molecule has 0 radical (unpaired) electrons. The third-order valence-electron chi connectivity index (χ3n) is 4.10. The zero-order valence-corrected chi connectivity index (χ0v) is 14.5. The molecule has 24 heavy (non-hydrogen) atoms. The Kier molecular flexibility index (Phi) is 4.19. The molecule has 2 heterocycles. The maximum Gasteiger partial charge on any atom is 0.333 e. The Bertz CT molecular complexity index is 928. The highest BCUT2D eigenvalue weighted by Crippen LogP contribution is 2.28. The molecular weight excluding hydrogens is 330 g/mol. The normalized spacial score (nSPS) is 11.2. The summed E-state index contributed by atoms with van der Waals surface area (Å²) < 4.78 is 3.55. The van der Waals surface area contributed by atoms with Gasteiger partial charge in [-0.1, -0.05) is 17.7 Å². The lowest BCUT2D eigenvalue weighted by Gasteiger charge is -2.05. The van der Waals surface area contributed by atoms with E-state index < -0.39 is 4.92 Å². The fraction of sp³-hybridized carbons (Fsp3) is 0.312. The number of fused-ring (bicyclic) bond motifs is 1. The highest BCUT2D eigenvalue weighted by molar-refractivity contribution is 6.31. The summed E-state index contributed by atoms with van der Waals surface area (Å²) in [6.45, 7) is 2.21. The maximum atomic E-state index is 11.2. The van der Waals surface area contributed by atoms with Crippen molar-refractivity contribution in [1.82, 2.24) is 14.3 Å². The molecule has 126 valence electrons. The fourth-order valence-electron chi connectivity index (χ4n) is 3.02. The molecule has 3 rings (SSSR count). The zero-order chi connectivity index (χ0) is 17.4. The number of nitrogens with one attached hydrogen (secondary N) is 1. The topological polar surface area (TPSA) is 77.9 Å². The van der Waals surface area contributed by atoms with Gasteiger partial charge < -0.3 is 9.88 Å². The van der Waals surface area contributed by atoms with Crippen LogP contribution in [0.2, 0.25) is 5.02 Å². The van der Waals surface area contributed by atoms with Crippen LogP contribution in [-0.4, -0.2) is 25.8 Å². The highest BCUT2D eigenvalue weighted by atomic mass is 35.5. The van der Waals surface area contributed by atoms with Gasteiger partial charge in [-0.2, -0.15) is 5.10 Å². The van der Waals surface area contributed by atoms with E-state index in [4.69, 9.17) is 11.6 Å². The minimum absolute atomic E-state index is 0.0298. The van der Waals surface area contributed by atoms with Crippen LogP contribution in [0.5, 0.6) is 0 Å². The summed E-state index contributed by atoms with van der Waals surface area (Å²) in [5.41, 5.74) is 2.67. The van der Waals surface area contributed by atoms with E-state index in [-0.39, 0.29) is 5.69 Å². The van der Waals surface area contributed by atoms with Crippen LogP contribution in [0.25, 0.3) is 10.9 Å². The molecule has 0 aliphatic carbocycles. The van der Waals surface area contributed by atoms with E-state index in [2.05, 4.69) is 16.6 Å². The quantitative estimate of drug-likeness (QED) is 0.566. The Labute approximate surface area is 144 Å². The van der Waals surface area contributed by atoms with Crippen LogP contribution in [0.15, 0.2) is 24.4 Å². The molecule has 0 atom stereocenters. The Morgan fingerprint density at radius 1 is 1.38 bits per heavy atom. The van der Waals surface area contributed by atoms with Crippen molar-refractivity contribution >= 4 is 34.0 Å². The van der Waals surface area contributed by atoms with E-state index in [0.29, 0.717) is 23.1 Å². The minimum Gasteiger partial charge on any atom is -0.364 e. The van der Waals surface area contributed by atoms with Crippen molar-refractivity contribution in [3.8, 4) is 0 Å². The first-order valence-corrected chi connectivity index (χ1v) is 7.91. The Hall–Kier alpha value is -2.54. The smallest absolute Gasteiger partial charge is 0.333 e. The molecule has 8 heteroatoms. The first kappa shape index (κ1) is 16.3. The number of hydrogen-bond acceptors (Lipinski definition) is 4. The van der Waals surface area contributed by atoms with Gasteiger partial charge in [0.15, 0.2) is 0 Å². The van der Waals surface area contributed by atoms with Crippen molar-refractivity contribution < 1.29 is 4.92 Å². The van der Waals surface area contributed by atoms with E-state index in [0.717, 1.165) is 17.3 Å². The number of hydrogen-bond donors (Lipinski definition) is 1. The molecule has 2 aromatic heterocycles. The Balaban J connectivity index is 1.80. The van der Waals surface area contributed by atoms with E-state index >= 15 is 0 Å². The van der Waals surface area contributed by atoms with Crippen molar-refractivity contribution in [2.45, 2.75) is 13.3 Å². The van der Waals surface area contributed by atoms with Gasteiger partial charge in [-0.3, -0.25) is 10.1 Å². The van der Waals surface area contributed by atoms with Crippen molar-refractivity contribution in [2.75, 3.05) is 11.9 Å². The van der Waals surface area contributed by atoms with Crippen molar-refractivity contribution in [3.63, 3.8) is 0 Å². The second-order valence-corrected chi connectivity index (χ2v) is 6.20. The number of rotatable bonds is 5. The molecule has 0 fully saturated rings. The van der Waals surface area contributed by atoms with Crippen LogP contribution in [0.4, 0.5) is 11.5 Å². The third-order valence-corrected chi connectivity index (χ3v) is 4.33. The zero-order valence-electron chi connectivity index (χ0n) is 13.7. The van der Waals surface area contributed by atoms with Crippen LogP contribution < -0.4 is 5.32 Å². The van der Waals surface area contributed by atoms with Gasteiger partial charge in [-0.25, -0.2) is 4.68 Å². The van der Waals surface area contributed by atoms with E-state index in [1.165, 1.54) is 10.2 Å². The van der Waals surface area contributed by atoms with Gasteiger partial charge in [-0.15, -0.1) is 0 Å². The summed E-state index contributed by atoms with van der Waals surface area (Å²) in [6.07, 6.45) is 2.80. The van der Waals surface area contributed by atoms with Crippen molar-refractivity contribution in [3.05, 3.63) is 50.8 Å². The molecule has 3 aromatic rings. The molecule has 0 amide bonds. The number of halogens is 1. The maximum absolute atomic E-state index is 11.2. The lowest BCUT2D eigenvalue weighted by atomic mass is 10.1. The lowest BCUT2D eigenvalue weighted by Crippen LogP contribution is -2.10. The predicted molar refractivity (Wildman–Crippen MR) is 94.7 cm³/mol. The molecule has 0 saturated heterocycles. The second-order valence-electron chi connectivity index (χ2n) is 5.77. The Morgan fingerprint density at radius 3 is 2.83 bits per heavy atom. The number of benzene rings is 1. The molecule has 0 saturated carbocycles. The molecule has 1 aromatic carbocycles. The molecule has 0 bridgehead atoms. The number of nitrogens with zero attached hydrogens (tertiary/aromatic N) is 4. The molecule has 0 unspecified atom stereocenters. The minimum atomic E-state index is -0.398. The SMILES string of the molecule is Cc1nn(C)c(NCCc2cn(C)c3cc(Cl)ccc23)c1[N+](=O)[O-]. The molecular formula is C16H18ClN5O2. The Morgan fingerprint density at radius 2 is 2.12 bits per heavy atom. The van der Waals surface area contributed by atoms with E-state index in [9.17, 15) is 10.1 Å². The van der Waals surface area contributed by atoms with Gasteiger partial charge in [0, 0.05) is 42.8 Å². The van der Waals surface area contributed by atoms with Gasteiger partial charge in [-0.05, 0) is 31.0 Å². The van der Waals surface area contributed by atoms with Crippen LogP contribution in [0, 0.1) is 17.0 Å². The van der Waals surface area contributed by atoms with Gasteiger partial charge in [0.1, 0.15) is 5.69 Å². The molecule has 0 aliphatic rings. The fourth-order valence-corrected chi connectivity index (χ4v) is 3.19. The number of aromatic nitrogens is 3. The number of aryl methyl sites for hydroxylation is 3. The standard InChI is InChI=1S/C16H18ClN5O2/c1-10-15(22(23)24)16(21(3)19-10)18-7-6-11-9-20(2)14-8-12(17)4-5-13(11)14/h4-5,8-9,18H,6-7H2,1-3H3. The molecule has 0 spiro atoms. The van der Waals surface area contributed by atoms with Crippen LogP contribution in [-0.2, 0) is 20.5 Å². The van der Waals surface area contributed by atoms with Gasteiger partial charge >= 0.3 is 5.69 Å². The third kappa shape index (κ3) is 2.82. The van der Waals surface area contributed by atoms with E-state index in [1.54, 1.807) is 14.0 Å². The van der Waals surface area contributed by atoms with Crippen LogP contribution >= 0.6 is 11.6 Å². The summed E-state index contributed by atoms with van der Waals surface area (Å²) in [6, 6.07) is 5.81. The summed E-state index contributed by atoms with van der Waals surface area (Å²) in [4.78, 5) is 10.8. The van der Waals surface area contributed by atoms with Crippen molar-refractivity contribution in [2.24, 2.45) is 14.1 Å². The first-order valence-electron chi connectivity index (χ1n) is 7.53. The van der Waals surface area contributed by atoms with E-state index in [1.807, 2.05) is 29.8 Å². The van der Waals surface area contributed by atoms with Crippen LogP contribution in [0.1, 0.15) is 11.3 Å². The predicted octanol–water partition coefficient (Wildman–Crippen LogP) is 3.44. The summed E-state index contributed by atoms with van der Waals surface area (Å²) in [5.74, 6) is 0.431. The van der Waals surface area contributed by atoms with Gasteiger partial charge in [0.05, 0.1) is 4.92 Å². The average molecular weight is 348 g/mol. The number of anilines is 1. The van der Waals surface area contributed by atoms with Gasteiger partial charge in [0.25, 0.3) is 0 Å². The number of nitro groups is 1. The largest absolute Gasteiger partial charge is 0.364 e. The molecule has 7 nitrogen and oxygen atoms in total. The summed E-state index contributed by atoms with van der Waals surface area (Å²) in [5, 5.41) is 20.3. The average Bonchev–Trinajstić information content (AvgIpc) is 2.96. The molecule has 1 N–H and O–H groups in total. The highest BCUT2D eigenvalue weighted by Gasteiger charge is 2.23. The lowest BCUT2D eigenvalue weighted by molar-refractivity contribution is -0.384. The van der Waals surface area contributed by atoms with Crippen LogP contribution in [0.3, 0.4) is 0 Å². The summed E-state index contributed by atoms with van der Waals surface area (Å²) in [7, 11) is 3.67. The summed E-state index contributed by atoms with van der Waals surface area (Å²) >= 11 is 6.05.